The van der Waals surface area contributed by atoms with E-state index in [1.165, 1.54) is 31.0 Å². The highest BCUT2D eigenvalue weighted by molar-refractivity contribution is 8.00. The van der Waals surface area contributed by atoms with Crippen molar-refractivity contribution in [1.29, 1.82) is 0 Å². The third kappa shape index (κ3) is 6.08. The summed E-state index contributed by atoms with van der Waals surface area (Å²) < 4.78 is 1.91. The fourth-order valence-electron chi connectivity index (χ4n) is 3.62. The van der Waals surface area contributed by atoms with Crippen LogP contribution in [0.25, 0.3) is 0 Å². The molecule has 7 nitrogen and oxygen atoms in total. The van der Waals surface area contributed by atoms with Crippen LogP contribution in [0.15, 0.2) is 29.4 Å². The summed E-state index contributed by atoms with van der Waals surface area (Å²) in [5.41, 5.74) is 1.90. The highest BCUT2D eigenvalue weighted by atomic mass is 32.2. The third-order valence-corrected chi connectivity index (χ3v) is 6.45. The average Bonchev–Trinajstić information content (AvgIpc) is 3.11. The van der Waals surface area contributed by atoms with Gasteiger partial charge in [-0.3, -0.25) is 9.59 Å². The van der Waals surface area contributed by atoms with Gasteiger partial charge < -0.3 is 15.2 Å². The molecule has 1 atom stereocenters. The first-order valence-corrected chi connectivity index (χ1v) is 11.6. The smallest absolute Gasteiger partial charge is 0.233 e. The second-order valence-electron chi connectivity index (χ2n) is 7.84. The minimum absolute atomic E-state index is 0.0382. The zero-order valence-electron chi connectivity index (χ0n) is 18.0. The van der Waals surface area contributed by atoms with Crippen LogP contribution in [0.3, 0.4) is 0 Å². The zero-order valence-corrected chi connectivity index (χ0v) is 18.8. The molecular formula is C22H31N5O2S. The van der Waals surface area contributed by atoms with Gasteiger partial charge in [-0.25, -0.2) is 0 Å². The Morgan fingerprint density at radius 2 is 1.87 bits per heavy atom. The van der Waals surface area contributed by atoms with Gasteiger partial charge in [0.2, 0.25) is 11.8 Å². The van der Waals surface area contributed by atoms with Gasteiger partial charge in [-0.2, -0.15) is 0 Å². The van der Waals surface area contributed by atoms with E-state index in [2.05, 4.69) is 20.8 Å². The summed E-state index contributed by atoms with van der Waals surface area (Å²) in [6.45, 7) is 6.52. The first-order valence-electron chi connectivity index (χ1n) is 10.7. The molecule has 1 aliphatic rings. The Labute approximate surface area is 182 Å². The van der Waals surface area contributed by atoms with Crippen LogP contribution < -0.4 is 10.6 Å². The number of carbonyl (C=O) groups excluding carboxylic acids is 2. The molecule has 2 amide bonds. The molecule has 1 fully saturated rings. The van der Waals surface area contributed by atoms with Crippen molar-refractivity contribution in [2.45, 2.75) is 82.3 Å². The van der Waals surface area contributed by atoms with Gasteiger partial charge in [0.05, 0.1) is 11.7 Å². The van der Waals surface area contributed by atoms with Crippen molar-refractivity contribution in [3.05, 3.63) is 35.7 Å². The summed E-state index contributed by atoms with van der Waals surface area (Å²) in [6, 6.07) is 7.97. The van der Waals surface area contributed by atoms with E-state index in [0.717, 1.165) is 24.1 Å². The van der Waals surface area contributed by atoms with Crippen LogP contribution in [0.2, 0.25) is 0 Å². The summed E-state index contributed by atoms with van der Waals surface area (Å²) in [6.07, 6.45) is 5.90. The Morgan fingerprint density at radius 3 is 2.53 bits per heavy atom. The van der Waals surface area contributed by atoms with Crippen molar-refractivity contribution in [1.82, 2.24) is 20.1 Å². The van der Waals surface area contributed by atoms with Crippen LogP contribution in [0.4, 0.5) is 5.69 Å². The van der Waals surface area contributed by atoms with Crippen molar-refractivity contribution < 1.29 is 9.59 Å². The van der Waals surface area contributed by atoms with Gasteiger partial charge in [0.15, 0.2) is 5.16 Å². The Morgan fingerprint density at radius 1 is 1.17 bits per heavy atom. The number of amides is 2. The second kappa shape index (κ2) is 10.6. The molecule has 0 unspecified atom stereocenters. The zero-order chi connectivity index (χ0) is 21.5. The van der Waals surface area contributed by atoms with Crippen LogP contribution in [0.5, 0.6) is 0 Å². The van der Waals surface area contributed by atoms with Crippen molar-refractivity contribution in [2.24, 2.45) is 0 Å². The van der Waals surface area contributed by atoms with Crippen molar-refractivity contribution >= 4 is 29.3 Å². The van der Waals surface area contributed by atoms with Crippen molar-refractivity contribution in [3.63, 3.8) is 0 Å². The van der Waals surface area contributed by atoms with Gasteiger partial charge >= 0.3 is 0 Å². The molecule has 30 heavy (non-hydrogen) atoms. The normalized spacial score (nSPS) is 15.6. The van der Waals surface area contributed by atoms with Gasteiger partial charge in [0, 0.05) is 18.3 Å². The highest BCUT2D eigenvalue weighted by Crippen LogP contribution is 2.24. The molecule has 1 saturated carbocycles. The molecule has 0 radical (unpaired) electrons. The van der Waals surface area contributed by atoms with E-state index in [-0.39, 0.29) is 23.5 Å². The third-order valence-electron chi connectivity index (χ3n) is 5.37. The molecule has 1 aliphatic carbocycles. The minimum atomic E-state index is -0.268. The molecule has 0 aliphatic heterocycles. The first kappa shape index (κ1) is 22.3. The molecule has 1 aromatic heterocycles. The lowest BCUT2D eigenvalue weighted by atomic mass is 9.95. The van der Waals surface area contributed by atoms with Gasteiger partial charge in [-0.05, 0) is 45.7 Å². The second-order valence-corrected chi connectivity index (χ2v) is 9.15. The first-order chi connectivity index (χ1) is 14.5. The van der Waals surface area contributed by atoms with E-state index in [9.17, 15) is 9.59 Å². The number of hydrogen-bond donors (Lipinski definition) is 2. The fraction of sp³-hybridized carbons (Fsp3) is 0.545. The van der Waals surface area contributed by atoms with E-state index in [1.54, 1.807) is 0 Å². The molecule has 162 valence electrons. The van der Waals surface area contributed by atoms with Crippen LogP contribution in [-0.4, -0.2) is 37.9 Å². The lowest BCUT2D eigenvalue weighted by Crippen LogP contribution is -2.40. The van der Waals surface area contributed by atoms with E-state index in [4.69, 9.17) is 0 Å². The van der Waals surface area contributed by atoms with Gasteiger partial charge in [0.25, 0.3) is 0 Å². The van der Waals surface area contributed by atoms with Crippen LogP contribution in [-0.2, 0) is 22.6 Å². The number of hydrogen-bond acceptors (Lipinski definition) is 5. The molecule has 2 N–H and O–H groups in total. The van der Waals surface area contributed by atoms with Crippen molar-refractivity contribution in [2.75, 3.05) is 5.32 Å². The molecule has 0 bridgehead atoms. The number of carbonyl (C=O) groups is 2. The van der Waals surface area contributed by atoms with E-state index < -0.39 is 0 Å². The number of anilines is 1. The molecule has 0 spiro atoms. The molecule has 1 heterocycles. The topological polar surface area (TPSA) is 88.9 Å². The Bertz CT molecular complexity index is 859. The van der Waals surface area contributed by atoms with E-state index in [0.29, 0.717) is 23.6 Å². The molecule has 2 aromatic rings. The summed E-state index contributed by atoms with van der Waals surface area (Å²) in [7, 11) is 0. The Hall–Kier alpha value is -2.35. The maximum absolute atomic E-state index is 12.6. The maximum atomic E-state index is 12.6. The minimum Gasteiger partial charge on any atom is -0.352 e. The standard InChI is InChI=1S/C22H31N5O2S/c1-4-27-19(14-20(28)23-18-12-10-15(2)11-13-18)25-26-22(27)30-16(3)21(29)24-17-8-6-5-7-9-17/h10-13,16-17H,4-9,14H2,1-3H3,(H,23,28)(H,24,29)/t16-/m1/s1. The van der Waals surface area contributed by atoms with Crippen LogP contribution >= 0.6 is 11.8 Å². The van der Waals surface area contributed by atoms with Gasteiger partial charge in [-0.1, -0.05) is 48.7 Å². The number of thioether (sulfide) groups is 1. The van der Waals surface area contributed by atoms with E-state index >= 15 is 0 Å². The Balaban J connectivity index is 1.58. The SMILES string of the molecule is CCn1c(CC(=O)Nc2ccc(C)cc2)nnc1S[C@H](C)C(=O)NC1CCCCC1. The largest absolute Gasteiger partial charge is 0.352 e. The number of nitrogens with one attached hydrogen (secondary N) is 2. The van der Waals surface area contributed by atoms with Crippen LogP contribution in [0.1, 0.15) is 57.3 Å². The molecule has 0 saturated heterocycles. The summed E-state index contributed by atoms with van der Waals surface area (Å²) in [5, 5.41) is 14.9. The van der Waals surface area contributed by atoms with Crippen LogP contribution in [0, 0.1) is 6.92 Å². The number of nitrogens with zero attached hydrogens (tertiary/aromatic N) is 3. The maximum Gasteiger partial charge on any atom is 0.233 e. The summed E-state index contributed by atoms with van der Waals surface area (Å²) in [4.78, 5) is 25.0. The Kier molecular flexibility index (Phi) is 7.90. The predicted molar refractivity (Wildman–Crippen MR) is 120 cm³/mol. The van der Waals surface area contributed by atoms with Gasteiger partial charge in [-0.15, -0.1) is 10.2 Å². The summed E-state index contributed by atoms with van der Waals surface area (Å²) in [5.74, 6) is 0.501. The summed E-state index contributed by atoms with van der Waals surface area (Å²) >= 11 is 1.39. The highest BCUT2D eigenvalue weighted by Gasteiger charge is 2.23. The monoisotopic (exact) mass is 429 g/mol. The molecule has 8 heteroatoms. The van der Waals surface area contributed by atoms with E-state index in [1.807, 2.05) is 49.6 Å². The average molecular weight is 430 g/mol. The number of aromatic nitrogens is 3. The van der Waals surface area contributed by atoms with Gasteiger partial charge in [0.1, 0.15) is 5.82 Å². The lowest BCUT2D eigenvalue weighted by Gasteiger charge is -2.24. The molecule has 3 rings (SSSR count). The van der Waals surface area contributed by atoms with Crippen molar-refractivity contribution in [3.8, 4) is 0 Å². The number of benzene rings is 1. The number of rotatable bonds is 8. The molecule has 1 aromatic carbocycles. The number of aryl methyl sites for hydroxylation is 1. The quantitative estimate of drug-likeness (QED) is 0.625. The molecular weight excluding hydrogens is 398 g/mol. The lowest BCUT2D eigenvalue weighted by molar-refractivity contribution is -0.121. The predicted octanol–water partition coefficient (Wildman–Crippen LogP) is 3.72. The fourth-order valence-corrected chi connectivity index (χ4v) is 4.56.